The van der Waals surface area contributed by atoms with E-state index in [0.29, 0.717) is 12.2 Å². The summed E-state index contributed by atoms with van der Waals surface area (Å²) in [5.74, 6) is 1.54. The van der Waals surface area contributed by atoms with Gasteiger partial charge < -0.3 is 14.5 Å². The summed E-state index contributed by atoms with van der Waals surface area (Å²) in [6, 6.07) is 17.4. The Labute approximate surface area is 135 Å². The number of benzene rings is 1. The third-order valence-corrected chi connectivity index (χ3v) is 3.60. The fraction of sp³-hybridized carbons (Fsp3) is 0.222. The van der Waals surface area contributed by atoms with Crippen LogP contribution >= 0.6 is 0 Å². The zero-order valence-corrected chi connectivity index (χ0v) is 13.2. The molecular weight excluding hydrogens is 290 g/mol. The average Bonchev–Trinajstić information content (AvgIpc) is 3.04. The van der Waals surface area contributed by atoms with Gasteiger partial charge >= 0.3 is 0 Å². The van der Waals surface area contributed by atoms with Gasteiger partial charge in [-0.05, 0) is 19.1 Å². The number of anilines is 1. The predicted octanol–water partition coefficient (Wildman–Crippen LogP) is 3.43. The third-order valence-electron chi connectivity index (χ3n) is 3.60. The molecule has 1 aromatic carbocycles. The summed E-state index contributed by atoms with van der Waals surface area (Å²) >= 11 is 0. The minimum Gasteiger partial charge on any atom is -0.387 e. The van der Waals surface area contributed by atoms with Gasteiger partial charge in [-0.3, -0.25) is 0 Å². The van der Waals surface area contributed by atoms with Crippen LogP contribution in [0.5, 0.6) is 0 Å². The highest BCUT2D eigenvalue weighted by Crippen LogP contribution is 2.21. The van der Waals surface area contributed by atoms with Gasteiger partial charge in [-0.25, -0.2) is 4.98 Å². The van der Waals surface area contributed by atoms with E-state index in [1.807, 2.05) is 66.5 Å². The van der Waals surface area contributed by atoms with Crippen molar-refractivity contribution in [1.82, 2.24) is 10.1 Å². The van der Waals surface area contributed by atoms with Crippen LogP contribution < -0.4 is 4.90 Å². The Bertz CT molecular complexity index is 769. The van der Waals surface area contributed by atoms with E-state index in [1.54, 1.807) is 6.92 Å². The minimum atomic E-state index is -0.585. The number of aliphatic hydroxyl groups is 1. The number of pyridine rings is 1. The molecule has 2 heterocycles. The van der Waals surface area contributed by atoms with E-state index >= 15 is 0 Å². The Balaban J connectivity index is 1.75. The quantitative estimate of drug-likeness (QED) is 0.782. The second-order valence-electron chi connectivity index (χ2n) is 5.50. The van der Waals surface area contributed by atoms with Crippen molar-refractivity contribution in [2.24, 2.45) is 0 Å². The van der Waals surface area contributed by atoms with Crippen LogP contribution in [0, 0.1) is 0 Å². The Morgan fingerprint density at radius 1 is 1.13 bits per heavy atom. The van der Waals surface area contributed by atoms with Crippen LogP contribution in [0.1, 0.15) is 24.5 Å². The molecule has 0 fully saturated rings. The lowest BCUT2D eigenvalue weighted by Gasteiger charge is -2.17. The van der Waals surface area contributed by atoms with Crippen LogP contribution in [-0.4, -0.2) is 22.3 Å². The van der Waals surface area contributed by atoms with Gasteiger partial charge in [0.05, 0.1) is 18.3 Å². The molecule has 0 saturated carbocycles. The van der Waals surface area contributed by atoms with Crippen LogP contribution in [0.2, 0.25) is 0 Å². The zero-order valence-electron chi connectivity index (χ0n) is 13.2. The SMILES string of the molecule is CC(O)c1cccc(N(C)Cc2cc(-c3ccccc3)no2)n1. The normalized spacial score (nSPS) is 12.1. The van der Waals surface area contributed by atoms with Gasteiger partial charge in [0.2, 0.25) is 0 Å². The summed E-state index contributed by atoms with van der Waals surface area (Å²) in [5, 5.41) is 13.8. The van der Waals surface area contributed by atoms with E-state index in [0.717, 1.165) is 22.8 Å². The number of hydrogen-bond donors (Lipinski definition) is 1. The van der Waals surface area contributed by atoms with Crippen molar-refractivity contribution in [1.29, 1.82) is 0 Å². The molecule has 3 rings (SSSR count). The topological polar surface area (TPSA) is 62.4 Å². The van der Waals surface area contributed by atoms with Gasteiger partial charge in [-0.1, -0.05) is 41.6 Å². The van der Waals surface area contributed by atoms with Crippen LogP contribution in [0.15, 0.2) is 59.1 Å². The number of aliphatic hydroxyl groups excluding tert-OH is 1. The van der Waals surface area contributed by atoms with E-state index in [2.05, 4.69) is 10.1 Å². The molecule has 0 radical (unpaired) electrons. The standard InChI is InChI=1S/C18H19N3O2/c1-13(22)16-9-6-10-18(19-16)21(2)12-15-11-17(20-23-15)14-7-4-3-5-8-14/h3-11,13,22H,12H2,1-2H3. The Morgan fingerprint density at radius 2 is 1.91 bits per heavy atom. The van der Waals surface area contributed by atoms with Crippen molar-refractivity contribution in [3.63, 3.8) is 0 Å². The highest BCUT2D eigenvalue weighted by Gasteiger charge is 2.11. The number of nitrogens with zero attached hydrogens (tertiary/aromatic N) is 3. The third kappa shape index (κ3) is 3.57. The summed E-state index contributed by atoms with van der Waals surface area (Å²) in [7, 11) is 1.93. The fourth-order valence-corrected chi connectivity index (χ4v) is 2.33. The van der Waals surface area contributed by atoms with Crippen LogP contribution in [-0.2, 0) is 6.54 Å². The van der Waals surface area contributed by atoms with E-state index in [4.69, 9.17) is 4.52 Å². The Hall–Kier alpha value is -2.66. The molecule has 1 atom stereocenters. The van der Waals surface area contributed by atoms with E-state index < -0.39 is 6.10 Å². The molecule has 118 valence electrons. The largest absolute Gasteiger partial charge is 0.387 e. The maximum atomic E-state index is 9.64. The molecule has 23 heavy (non-hydrogen) atoms. The zero-order chi connectivity index (χ0) is 16.2. The average molecular weight is 309 g/mol. The summed E-state index contributed by atoms with van der Waals surface area (Å²) in [6.45, 7) is 2.25. The first-order chi connectivity index (χ1) is 11.1. The molecule has 0 saturated heterocycles. The first kappa shape index (κ1) is 15.2. The highest BCUT2D eigenvalue weighted by atomic mass is 16.5. The smallest absolute Gasteiger partial charge is 0.156 e. The monoisotopic (exact) mass is 309 g/mol. The van der Waals surface area contributed by atoms with E-state index in [9.17, 15) is 5.11 Å². The second-order valence-corrected chi connectivity index (χ2v) is 5.50. The molecule has 5 nitrogen and oxygen atoms in total. The predicted molar refractivity (Wildman–Crippen MR) is 88.9 cm³/mol. The van der Waals surface area contributed by atoms with E-state index in [1.165, 1.54) is 0 Å². The molecule has 3 aromatic rings. The molecular formula is C18H19N3O2. The van der Waals surface area contributed by atoms with Gasteiger partial charge in [-0.15, -0.1) is 0 Å². The molecule has 0 aliphatic carbocycles. The molecule has 5 heteroatoms. The van der Waals surface area contributed by atoms with Crippen molar-refractivity contribution in [2.45, 2.75) is 19.6 Å². The van der Waals surface area contributed by atoms with Gasteiger partial charge in [0.25, 0.3) is 0 Å². The lowest BCUT2D eigenvalue weighted by molar-refractivity contribution is 0.194. The van der Waals surface area contributed by atoms with Crippen molar-refractivity contribution >= 4 is 5.82 Å². The molecule has 0 aliphatic rings. The number of hydrogen-bond acceptors (Lipinski definition) is 5. The lowest BCUT2D eigenvalue weighted by Crippen LogP contribution is -2.18. The molecule has 0 amide bonds. The van der Waals surface area contributed by atoms with E-state index in [-0.39, 0.29) is 0 Å². The van der Waals surface area contributed by atoms with Gasteiger partial charge in [0, 0.05) is 18.7 Å². The highest BCUT2D eigenvalue weighted by molar-refractivity contribution is 5.58. The first-order valence-corrected chi connectivity index (χ1v) is 7.50. The Morgan fingerprint density at radius 3 is 2.65 bits per heavy atom. The first-order valence-electron chi connectivity index (χ1n) is 7.50. The maximum Gasteiger partial charge on any atom is 0.156 e. The lowest BCUT2D eigenvalue weighted by atomic mass is 10.1. The molecule has 1 unspecified atom stereocenters. The molecule has 0 spiro atoms. The summed E-state index contributed by atoms with van der Waals surface area (Å²) in [5.41, 5.74) is 2.50. The maximum absolute atomic E-state index is 9.64. The van der Waals surface area contributed by atoms with Crippen molar-refractivity contribution in [2.75, 3.05) is 11.9 Å². The molecule has 0 bridgehead atoms. The Kier molecular flexibility index (Phi) is 4.39. The van der Waals surface area contributed by atoms with Crippen LogP contribution in [0.3, 0.4) is 0 Å². The summed E-state index contributed by atoms with van der Waals surface area (Å²) < 4.78 is 5.42. The van der Waals surface area contributed by atoms with Crippen molar-refractivity contribution < 1.29 is 9.63 Å². The fourth-order valence-electron chi connectivity index (χ4n) is 2.33. The van der Waals surface area contributed by atoms with Crippen LogP contribution in [0.4, 0.5) is 5.82 Å². The molecule has 2 aromatic heterocycles. The van der Waals surface area contributed by atoms with Gasteiger partial charge in [0.15, 0.2) is 5.76 Å². The van der Waals surface area contributed by atoms with Crippen LogP contribution in [0.25, 0.3) is 11.3 Å². The number of rotatable bonds is 5. The van der Waals surface area contributed by atoms with Gasteiger partial charge in [0.1, 0.15) is 11.5 Å². The summed E-state index contributed by atoms with van der Waals surface area (Å²) in [4.78, 5) is 6.41. The van der Waals surface area contributed by atoms with Crippen molar-refractivity contribution in [3.05, 3.63) is 66.1 Å². The number of aromatic nitrogens is 2. The van der Waals surface area contributed by atoms with Gasteiger partial charge in [-0.2, -0.15) is 0 Å². The molecule has 0 aliphatic heterocycles. The molecule has 1 N–H and O–H groups in total. The minimum absolute atomic E-state index is 0.552. The van der Waals surface area contributed by atoms with Crippen molar-refractivity contribution in [3.8, 4) is 11.3 Å². The summed E-state index contributed by atoms with van der Waals surface area (Å²) in [6.07, 6.45) is -0.585. The second kappa shape index (κ2) is 6.62.